The lowest BCUT2D eigenvalue weighted by Crippen LogP contribution is -2.31. The maximum absolute atomic E-state index is 13.1. The molecule has 3 aromatic rings. The van der Waals surface area contributed by atoms with Gasteiger partial charge < -0.3 is 5.11 Å². The number of rotatable bonds is 4. The molecule has 1 N–H and O–H groups in total. The minimum absolute atomic E-state index is 0.0458. The van der Waals surface area contributed by atoms with Gasteiger partial charge in [0.25, 0.3) is 0 Å². The molecule has 4 rings (SSSR count). The summed E-state index contributed by atoms with van der Waals surface area (Å²) in [6.45, 7) is 2.95. The molecule has 1 aromatic heterocycles. The number of carboxylic acid groups (broad SMARTS) is 1. The molecule has 30 heavy (non-hydrogen) atoms. The van der Waals surface area contributed by atoms with E-state index in [9.17, 15) is 18.3 Å². The van der Waals surface area contributed by atoms with E-state index < -0.39 is 16.0 Å². The first kappa shape index (κ1) is 20.5. The van der Waals surface area contributed by atoms with Crippen molar-refractivity contribution in [3.8, 4) is 11.3 Å². The molecule has 2 aromatic carbocycles. The molecule has 0 spiro atoms. The second-order valence-corrected chi connectivity index (χ2v) is 9.66. The topological polar surface area (TPSA) is 87.6 Å². The van der Waals surface area contributed by atoms with E-state index in [1.54, 1.807) is 6.07 Å². The number of sulfonamides is 1. The lowest BCUT2D eigenvalue weighted by Gasteiger charge is -2.20. The van der Waals surface area contributed by atoms with Gasteiger partial charge in [-0.3, -0.25) is 0 Å². The summed E-state index contributed by atoms with van der Waals surface area (Å²) in [7, 11) is -3.67. The molecule has 0 amide bonds. The van der Waals surface area contributed by atoms with Crippen LogP contribution in [0.1, 0.15) is 41.6 Å². The molecule has 2 heterocycles. The molecular weight excluding hydrogens is 400 g/mol. The summed E-state index contributed by atoms with van der Waals surface area (Å²) in [4.78, 5) is 16.7. The zero-order valence-electron chi connectivity index (χ0n) is 16.8. The van der Waals surface area contributed by atoms with Gasteiger partial charge >= 0.3 is 5.97 Å². The van der Waals surface area contributed by atoms with Crippen LogP contribution >= 0.6 is 0 Å². The molecule has 0 saturated carbocycles. The summed E-state index contributed by atoms with van der Waals surface area (Å²) in [5.41, 5.74) is 2.92. The van der Waals surface area contributed by atoms with E-state index in [1.165, 1.54) is 22.5 Å². The van der Waals surface area contributed by atoms with Crippen LogP contribution < -0.4 is 0 Å². The Hall–Kier alpha value is -2.77. The summed E-state index contributed by atoms with van der Waals surface area (Å²) in [5, 5.41) is 10.1. The quantitative estimate of drug-likeness (QED) is 0.667. The average molecular weight is 425 g/mol. The largest absolute Gasteiger partial charge is 0.478 e. The fraction of sp³-hybridized carbons (Fsp3) is 0.304. The van der Waals surface area contributed by atoms with Crippen molar-refractivity contribution in [2.45, 2.75) is 37.5 Å². The predicted octanol–water partition coefficient (Wildman–Crippen LogP) is 4.47. The van der Waals surface area contributed by atoms with Crippen LogP contribution in [-0.2, 0) is 10.0 Å². The van der Waals surface area contributed by atoms with Crippen LogP contribution in [0.4, 0.5) is 0 Å². The van der Waals surface area contributed by atoms with Crippen molar-refractivity contribution in [3.63, 3.8) is 0 Å². The number of carbonyl (C=O) groups is 1. The van der Waals surface area contributed by atoms with Crippen LogP contribution in [0.3, 0.4) is 0 Å². The molecule has 1 fully saturated rings. The van der Waals surface area contributed by atoms with E-state index in [4.69, 9.17) is 0 Å². The van der Waals surface area contributed by atoms with E-state index in [2.05, 4.69) is 4.98 Å². The number of pyridine rings is 1. The van der Waals surface area contributed by atoms with Gasteiger partial charge in [0.2, 0.25) is 10.0 Å². The Kier molecular flexibility index (Phi) is 5.58. The lowest BCUT2D eigenvalue weighted by atomic mass is 10.0. The first-order chi connectivity index (χ1) is 14.4. The minimum Gasteiger partial charge on any atom is -0.478 e. The molecule has 1 saturated heterocycles. The fourth-order valence-corrected chi connectivity index (χ4v) is 5.47. The lowest BCUT2D eigenvalue weighted by molar-refractivity contribution is 0.0699. The van der Waals surface area contributed by atoms with Gasteiger partial charge in [-0.15, -0.1) is 0 Å². The van der Waals surface area contributed by atoms with Gasteiger partial charge in [0.05, 0.1) is 21.7 Å². The van der Waals surface area contributed by atoms with Crippen molar-refractivity contribution >= 4 is 26.9 Å². The molecule has 1 aliphatic heterocycles. The number of carboxylic acids is 1. The van der Waals surface area contributed by atoms with E-state index in [1.807, 2.05) is 31.2 Å². The number of benzene rings is 2. The molecule has 0 bridgehead atoms. The smallest absolute Gasteiger partial charge is 0.336 e. The van der Waals surface area contributed by atoms with Crippen LogP contribution in [-0.4, -0.2) is 41.9 Å². The summed E-state index contributed by atoms with van der Waals surface area (Å²) in [6.07, 6.45) is 3.74. The highest BCUT2D eigenvalue weighted by Gasteiger charge is 2.26. The normalized spacial score (nSPS) is 15.8. The average Bonchev–Trinajstić information content (AvgIpc) is 3.02. The van der Waals surface area contributed by atoms with Gasteiger partial charge in [0.1, 0.15) is 0 Å². The van der Waals surface area contributed by atoms with Gasteiger partial charge in [0.15, 0.2) is 0 Å². The first-order valence-corrected chi connectivity index (χ1v) is 11.6. The summed E-state index contributed by atoms with van der Waals surface area (Å²) < 4.78 is 27.8. The van der Waals surface area contributed by atoms with Crippen LogP contribution in [0, 0.1) is 6.92 Å². The molecule has 0 unspecified atom stereocenters. The second-order valence-electron chi connectivity index (χ2n) is 7.73. The standard InChI is InChI=1S/C23H24N2O4S/c1-16-7-6-8-17(13-16)22-15-20(23(26)27)19-14-18(9-10-21(19)24-22)30(28,29)25-11-4-2-3-5-12-25/h6-10,13-15H,2-5,11-12H2,1H3,(H,26,27). The molecule has 7 heteroatoms. The first-order valence-electron chi connectivity index (χ1n) is 10.1. The Morgan fingerprint density at radius 2 is 1.73 bits per heavy atom. The van der Waals surface area contributed by atoms with E-state index in [0.29, 0.717) is 29.7 Å². The van der Waals surface area contributed by atoms with Crippen molar-refractivity contribution in [2.24, 2.45) is 0 Å². The fourth-order valence-electron chi connectivity index (χ4n) is 3.93. The van der Waals surface area contributed by atoms with Crippen LogP contribution in [0.15, 0.2) is 53.4 Å². The van der Waals surface area contributed by atoms with Crippen molar-refractivity contribution in [1.29, 1.82) is 0 Å². The zero-order valence-corrected chi connectivity index (χ0v) is 17.7. The number of aryl methyl sites for hydroxylation is 1. The van der Waals surface area contributed by atoms with Crippen molar-refractivity contribution in [2.75, 3.05) is 13.1 Å². The Bertz CT molecular complexity index is 1210. The number of fused-ring (bicyclic) bond motifs is 1. The number of nitrogens with zero attached hydrogens (tertiary/aromatic N) is 2. The molecule has 0 radical (unpaired) electrons. The molecule has 6 nitrogen and oxygen atoms in total. The Morgan fingerprint density at radius 3 is 2.40 bits per heavy atom. The maximum Gasteiger partial charge on any atom is 0.336 e. The third-order valence-corrected chi connectivity index (χ3v) is 7.42. The van der Waals surface area contributed by atoms with E-state index >= 15 is 0 Å². The minimum atomic E-state index is -3.67. The maximum atomic E-state index is 13.1. The van der Waals surface area contributed by atoms with Gasteiger partial charge in [-0.05, 0) is 50.1 Å². The van der Waals surface area contributed by atoms with Crippen LogP contribution in [0.5, 0.6) is 0 Å². The van der Waals surface area contributed by atoms with Crippen molar-refractivity contribution < 1.29 is 18.3 Å². The Morgan fingerprint density at radius 1 is 1.00 bits per heavy atom. The van der Waals surface area contributed by atoms with Crippen molar-refractivity contribution in [1.82, 2.24) is 9.29 Å². The molecule has 156 valence electrons. The number of hydrogen-bond donors (Lipinski definition) is 1. The SMILES string of the molecule is Cc1cccc(-c2cc(C(=O)O)c3cc(S(=O)(=O)N4CCCCCC4)ccc3n2)c1. The van der Waals surface area contributed by atoms with Gasteiger partial charge in [-0.25, -0.2) is 18.2 Å². The highest BCUT2D eigenvalue weighted by molar-refractivity contribution is 7.89. The third-order valence-electron chi connectivity index (χ3n) is 5.53. The number of hydrogen-bond acceptors (Lipinski definition) is 4. The van der Waals surface area contributed by atoms with Gasteiger partial charge in [-0.2, -0.15) is 4.31 Å². The monoisotopic (exact) mass is 424 g/mol. The number of aromatic carboxylic acids is 1. The second kappa shape index (κ2) is 8.16. The molecule has 0 aliphatic carbocycles. The Balaban J connectivity index is 1.83. The number of aromatic nitrogens is 1. The molecule has 1 aliphatic rings. The Labute approximate surface area is 176 Å². The molecular formula is C23H24N2O4S. The van der Waals surface area contributed by atoms with Gasteiger partial charge in [0, 0.05) is 24.0 Å². The van der Waals surface area contributed by atoms with E-state index in [-0.39, 0.29) is 10.5 Å². The third kappa shape index (κ3) is 3.95. The zero-order chi connectivity index (χ0) is 21.3. The molecule has 0 atom stereocenters. The van der Waals surface area contributed by atoms with Crippen LogP contribution in [0.2, 0.25) is 0 Å². The van der Waals surface area contributed by atoms with Crippen molar-refractivity contribution in [3.05, 3.63) is 59.7 Å². The van der Waals surface area contributed by atoms with E-state index in [0.717, 1.165) is 36.8 Å². The predicted molar refractivity (Wildman–Crippen MR) is 116 cm³/mol. The summed E-state index contributed by atoms with van der Waals surface area (Å²) in [6, 6.07) is 13.8. The van der Waals surface area contributed by atoms with Gasteiger partial charge in [-0.1, -0.05) is 36.6 Å². The highest BCUT2D eigenvalue weighted by Crippen LogP contribution is 2.29. The summed E-state index contributed by atoms with van der Waals surface area (Å²) >= 11 is 0. The van der Waals surface area contributed by atoms with Crippen LogP contribution in [0.25, 0.3) is 22.2 Å². The highest BCUT2D eigenvalue weighted by atomic mass is 32.2. The summed E-state index contributed by atoms with van der Waals surface area (Å²) in [5.74, 6) is -1.11.